The van der Waals surface area contributed by atoms with Gasteiger partial charge < -0.3 is 9.26 Å². The van der Waals surface area contributed by atoms with Crippen molar-refractivity contribution in [2.75, 3.05) is 6.61 Å². The summed E-state index contributed by atoms with van der Waals surface area (Å²) < 4.78 is 23.0. The molecule has 2 aromatic rings. The van der Waals surface area contributed by atoms with Crippen LogP contribution in [0.3, 0.4) is 0 Å². The summed E-state index contributed by atoms with van der Waals surface area (Å²) in [6, 6.07) is 7.82. The fraction of sp³-hybridized carbons (Fsp3) is 0.412. The Balaban J connectivity index is 2.00. The van der Waals surface area contributed by atoms with Crippen molar-refractivity contribution in [2.45, 2.75) is 33.7 Å². The minimum absolute atomic E-state index is 0.157. The second-order valence-electron chi connectivity index (χ2n) is 6.95. The molecule has 1 heterocycles. The Kier molecular flexibility index (Phi) is 6.09. The number of esters is 1. The first kappa shape index (κ1) is 19.7. The Morgan fingerprint density at radius 2 is 2.08 bits per heavy atom. The number of aromatic nitrogens is 1. The minimum Gasteiger partial charge on any atom is -0.464 e. The Bertz CT molecular complexity index is 807. The molecule has 0 amide bonds. The molecular weight excluding hydrogens is 363 g/mol. The lowest BCUT2D eigenvalue weighted by Crippen LogP contribution is -2.34. The number of hydrogen-bond acceptors (Lipinski definition) is 5. The molecule has 0 radical (unpaired) electrons. The quantitative estimate of drug-likeness (QED) is 0.582. The highest BCUT2D eigenvalue weighted by Crippen LogP contribution is 2.48. The highest BCUT2D eigenvalue weighted by atomic mass is 35.7. The van der Waals surface area contributed by atoms with Crippen LogP contribution < -0.4 is 9.61 Å². The number of pyridine rings is 1. The van der Waals surface area contributed by atoms with Crippen LogP contribution in [0.2, 0.25) is 0 Å². The smallest absolute Gasteiger partial charge is 0.409 e. The van der Waals surface area contributed by atoms with Crippen LogP contribution in [0.25, 0.3) is 10.9 Å². The summed E-state index contributed by atoms with van der Waals surface area (Å²) in [4.78, 5) is 16.2. The molecule has 0 spiro atoms. The molecule has 2 rings (SSSR count). The van der Waals surface area contributed by atoms with Gasteiger partial charge in [0.1, 0.15) is 11.8 Å². The van der Waals surface area contributed by atoms with E-state index in [2.05, 4.69) is 10.1 Å². The van der Waals surface area contributed by atoms with Crippen LogP contribution in [0.5, 0.6) is 5.75 Å². The second kappa shape index (κ2) is 7.73. The Morgan fingerprint density at radius 1 is 1.36 bits per heavy atom. The molecule has 8 heteroatoms. The molecule has 2 atom stereocenters. The Hall–Kier alpha value is -1.62. The van der Waals surface area contributed by atoms with Crippen LogP contribution in [-0.4, -0.2) is 23.6 Å². The van der Waals surface area contributed by atoms with Gasteiger partial charge in [-0.1, -0.05) is 26.8 Å². The van der Waals surface area contributed by atoms with Crippen LogP contribution in [0.1, 0.15) is 27.7 Å². The molecule has 136 valence electrons. The van der Waals surface area contributed by atoms with Crippen LogP contribution >= 0.6 is 18.1 Å². The number of carbonyl (C=O) groups is 1. The van der Waals surface area contributed by atoms with E-state index in [1.54, 1.807) is 30.5 Å². The van der Waals surface area contributed by atoms with Gasteiger partial charge in [-0.2, -0.15) is 0 Å². The van der Waals surface area contributed by atoms with Crippen molar-refractivity contribution in [1.29, 1.82) is 0 Å². The molecule has 0 saturated heterocycles. The number of halogens is 1. The predicted octanol–water partition coefficient (Wildman–Crippen LogP) is 4.53. The van der Waals surface area contributed by atoms with E-state index >= 15 is 0 Å². The van der Waals surface area contributed by atoms with Crippen molar-refractivity contribution in [3.05, 3.63) is 36.5 Å². The van der Waals surface area contributed by atoms with E-state index in [0.717, 1.165) is 10.9 Å². The number of carbonyl (C=O) groups excluding carboxylic acids is 1. The molecule has 1 unspecified atom stereocenters. The van der Waals surface area contributed by atoms with Crippen molar-refractivity contribution in [3.63, 3.8) is 0 Å². The summed E-state index contributed by atoms with van der Waals surface area (Å²) in [6.45, 7) is 3.85. The van der Waals surface area contributed by atoms with E-state index in [1.165, 1.54) is 6.92 Å². The molecule has 6 nitrogen and oxygen atoms in total. The maximum absolute atomic E-state index is 12.4. The maximum atomic E-state index is 12.4. The summed E-state index contributed by atoms with van der Waals surface area (Å²) >= 11 is 5.95. The zero-order valence-electron chi connectivity index (χ0n) is 14.7. The zero-order valence-corrected chi connectivity index (χ0v) is 16.3. The molecule has 0 aliphatic carbocycles. The highest BCUT2D eigenvalue weighted by Gasteiger charge is 2.29. The zero-order chi connectivity index (χ0) is 18.7. The minimum atomic E-state index is -3.77. The molecule has 0 bridgehead atoms. The number of hydrogen-bond donors (Lipinski definition) is 1. The monoisotopic (exact) mass is 384 g/mol. The summed E-state index contributed by atoms with van der Waals surface area (Å²) in [5, 5.41) is 3.33. The first-order valence-corrected chi connectivity index (χ1v) is 10.4. The van der Waals surface area contributed by atoms with E-state index in [-0.39, 0.29) is 12.0 Å². The Labute approximate surface area is 152 Å². The van der Waals surface area contributed by atoms with Gasteiger partial charge in [0.2, 0.25) is 0 Å². The van der Waals surface area contributed by atoms with Gasteiger partial charge in [-0.15, -0.1) is 0 Å². The third-order valence-corrected chi connectivity index (χ3v) is 4.79. The van der Waals surface area contributed by atoms with E-state index in [9.17, 15) is 9.36 Å². The average Bonchev–Trinajstić information content (AvgIpc) is 2.50. The topological polar surface area (TPSA) is 77.5 Å². The highest BCUT2D eigenvalue weighted by molar-refractivity contribution is 7.84. The maximum Gasteiger partial charge on any atom is 0.409 e. The molecular formula is C17H22ClN2O4P. The number of fused-ring (bicyclic) bond motifs is 1. The number of nitrogens with one attached hydrogen (secondary N) is 1. The molecule has 1 N–H and O–H groups in total. The third kappa shape index (κ3) is 6.31. The first-order valence-electron chi connectivity index (χ1n) is 7.84. The SMILES string of the molecule is C[C@H](NP(=O)(Cl)Oc1ccc2ncccc2c1)C(=O)OCC(C)(C)C. The number of nitrogens with zero attached hydrogens (tertiary/aromatic N) is 1. The summed E-state index contributed by atoms with van der Waals surface area (Å²) in [6.07, 6.45) is 1.68. The Morgan fingerprint density at radius 3 is 2.76 bits per heavy atom. The van der Waals surface area contributed by atoms with Crippen molar-refractivity contribution in [1.82, 2.24) is 10.1 Å². The number of ether oxygens (including phenoxy) is 1. The third-order valence-electron chi connectivity index (χ3n) is 3.15. The van der Waals surface area contributed by atoms with Crippen LogP contribution in [0, 0.1) is 5.41 Å². The lowest BCUT2D eigenvalue weighted by Gasteiger charge is -2.21. The molecule has 25 heavy (non-hydrogen) atoms. The molecule has 0 fully saturated rings. The lowest BCUT2D eigenvalue weighted by atomic mass is 9.99. The van der Waals surface area contributed by atoms with Crippen molar-refractivity contribution < 1.29 is 18.6 Å². The molecule has 0 saturated carbocycles. The summed E-state index contributed by atoms with van der Waals surface area (Å²) in [7, 11) is 0. The second-order valence-corrected chi connectivity index (χ2v) is 9.68. The van der Waals surface area contributed by atoms with Crippen LogP contribution in [0.4, 0.5) is 0 Å². The fourth-order valence-corrected chi connectivity index (χ4v) is 3.65. The van der Waals surface area contributed by atoms with Gasteiger partial charge in [0.25, 0.3) is 0 Å². The van der Waals surface area contributed by atoms with Gasteiger partial charge in [0.05, 0.1) is 12.1 Å². The van der Waals surface area contributed by atoms with Crippen molar-refractivity contribution in [3.8, 4) is 5.75 Å². The molecule has 0 aliphatic heterocycles. The first-order chi connectivity index (χ1) is 11.6. The number of rotatable bonds is 6. The van der Waals surface area contributed by atoms with Gasteiger partial charge in [-0.05, 0) is 36.6 Å². The van der Waals surface area contributed by atoms with Crippen molar-refractivity contribution in [2.24, 2.45) is 5.41 Å². The van der Waals surface area contributed by atoms with Gasteiger partial charge in [0.15, 0.2) is 0 Å². The predicted molar refractivity (Wildman–Crippen MR) is 98.8 cm³/mol. The van der Waals surface area contributed by atoms with Gasteiger partial charge >= 0.3 is 12.8 Å². The average molecular weight is 385 g/mol. The standard InChI is InChI=1S/C17H22ClN2O4P/c1-12(16(21)23-11-17(2,3)4)20-25(18,22)24-14-7-8-15-13(10-14)6-5-9-19-15/h5-10,12H,11H2,1-4H3,(H,20,22)/t12-,25?/m0/s1. The lowest BCUT2D eigenvalue weighted by molar-refractivity contribution is -0.147. The van der Waals surface area contributed by atoms with Gasteiger partial charge in [0, 0.05) is 22.8 Å². The van der Waals surface area contributed by atoms with E-state index < -0.39 is 18.9 Å². The van der Waals surface area contributed by atoms with Crippen LogP contribution in [0.15, 0.2) is 36.5 Å². The largest absolute Gasteiger partial charge is 0.464 e. The molecule has 0 aliphatic rings. The van der Waals surface area contributed by atoms with E-state index in [0.29, 0.717) is 5.75 Å². The number of benzene rings is 1. The van der Waals surface area contributed by atoms with Gasteiger partial charge in [-0.25, -0.2) is 9.65 Å². The molecule has 1 aromatic heterocycles. The van der Waals surface area contributed by atoms with E-state index in [4.69, 9.17) is 20.5 Å². The molecule has 1 aromatic carbocycles. The van der Waals surface area contributed by atoms with Crippen LogP contribution in [-0.2, 0) is 14.1 Å². The van der Waals surface area contributed by atoms with Crippen molar-refractivity contribution >= 4 is 35.0 Å². The normalized spacial score (nSPS) is 15.4. The summed E-state index contributed by atoms with van der Waals surface area (Å²) in [5.74, 6) is -0.219. The fourth-order valence-electron chi connectivity index (χ4n) is 1.97. The van der Waals surface area contributed by atoms with Gasteiger partial charge in [-0.3, -0.25) is 9.78 Å². The summed E-state index contributed by atoms with van der Waals surface area (Å²) in [5.41, 5.74) is 0.627. The van der Waals surface area contributed by atoms with E-state index in [1.807, 2.05) is 26.8 Å².